The summed E-state index contributed by atoms with van der Waals surface area (Å²) in [4.78, 5) is 16.3. The monoisotopic (exact) mass is 281 g/mol. The van der Waals surface area contributed by atoms with Crippen LogP contribution in [-0.4, -0.2) is 27.7 Å². The number of aryl methyl sites for hydroxylation is 1. The molecule has 0 amide bonds. The highest BCUT2D eigenvalue weighted by Crippen LogP contribution is 2.34. The van der Waals surface area contributed by atoms with Crippen LogP contribution < -0.4 is 4.74 Å². The lowest BCUT2D eigenvalue weighted by Crippen LogP contribution is -2.04. The van der Waals surface area contributed by atoms with Crippen molar-refractivity contribution in [3.8, 4) is 16.9 Å². The molecule has 106 valence electrons. The molecule has 21 heavy (non-hydrogen) atoms. The van der Waals surface area contributed by atoms with E-state index in [1.165, 1.54) is 0 Å². The van der Waals surface area contributed by atoms with Gasteiger partial charge in [0.25, 0.3) is 0 Å². The molecule has 2 heterocycles. The summed E-state index contributed by atoms with van der Waals surface area (Å²) < 4.78 is 6.95. The first-order valence-electron chi connectivity index (χ1n) is 6.58. The first-order chi connectivity index (χ1) is 10.1. The van der Waals surface area contributed by atoms with Gasteiger partial charge in [-0.2, -0.15) is 5.10 Å². The number of aromatic nitrogens is 3. The number of ether oxygens (including phenoxy) is 1. The quantitative estimate of drug-likeness (QED) is 0.693. The van der Waals surface area contributed by atoms with Crippen LogP contribution >= 0.6 is 0 Å². The number of hydrogen-bond donors (Lipinski definition) is 0. The molecule has 0 bridgehead atoms. The van der Waals surface area contributed by atoms with Gasteiger partial charge in [-0.15, -0.1) is 0 Å². The van der Waals surface area contributed by atoms with Gasteiger partial charge < -0.3 is 4.74 Å². The van der Waals surface area contributed by atoms with Gasteiger partial charge in [0.2, 0.25) is 0 Å². The molecule has 1 aromatic carbocycles. The summed E-state index contributed by atoms with van der Waals surface area (Å²) in [7, 11) is 3.39. The number of hydrogen-bond acceptors (Lipinski definition) is 4. The highest BCUT2D eigenvalue weighted by Gasteiger charge is 2.17. The third kappa shape index (κ3) is 2.07. The number of benzene rings is 1. The molecule has 0 aliphatic heterocycles. The number of pyridine rings is 1. The molecule has 2 aromatic heterocycles. The Hall–Kier alpha value is -2.69. The standard InChI is InChI=1S/C16H15N3O2/c1-10(20)16-13(9-18-19(16)2)11-6-7-14(21-3)15-12(11)5-4-8-17-15/h4-9H,1-3H3. The molecule has 3 aromatic rings. The maximum Gasteiger partial charge on any atom is 0.178 e. The lowest BCUT2D eigenvalue weighted by atomic mass is 9.99. The first kappa shape index (κ1) is 13.3. The average Bonchev–Trinajstić information content (AvgIpc) is 2.87. The molecule has 0 spiro atoms. The fourth-order valence-electron chi connectivity index (χ4n) is 2.60. The molecule has 5 nitrogen and oxygen atoms in total. The minimum absolute atomic E-state index is 0.0159. The summed E-state index contributed by atoms with van der Waals surface area (Å²) in [5.74, 6) is 0.695. The van der Waals surface area contributed by atoms with Crippen molar-refractivity contribution in [2.24, 2.45) is 7.05 Å². The molecule has 0 unspecified atom stereocenters. The van der Waals surface area contributed by atoms with Crippen LogP contribution in [0.5, 0.6) is 5.75 Å². The van der Waals surface area contributed by atoms with Crippen LogP contribution in [0.1, 0.15) is 17.4 Å². The van der Waals surface area contributed by atoms with Crippen molar-refractivity contribution in [2.75, 3.05) is 7.11 Å². The molecule has 0 saturated heterocycles. The third-order valence-corrected chi connectivity index (χ3v) is 3.51. The second-order valence-electron chi connectivity index (χ2n) is 4.80. The van der Waals surface area contributed by atoms with E-state index in [1.54, 1.807) is 38.2 Å². The molecule has 0 aliphatic rings. The Morgan fingerprint density at radius 1 is 1.24 bits per heavy atom. The Balaban J connectivity index is 2.34. The zero-order valence-electron chi connectivity index (χ0n) is 12.1. The summed E-state index contributed by atoms with van der Waals surface area (Å²) in [6, 6.07) is 7.64. The van der Waals surface area contributed by atoms with Gasteiger partial charge in [-0.05, 0) is 23.8 Å². The lowest BCUT2D eigenvalue weighted by Gasteiger charge is -2.09. The number of carbonyl (C=O) groups excluding carboxylic acids is 1. The van der Waals surface area contributed by atoms with Crippen molar-refractivity contribution < 1.29 is 9.53 Å². The van der Waals surface area contributed by atoms with Gasteiger partial charge in [-0.1, -0.05) is 6.07 Å². The van der Waals surface area contributed by atoms with E-state index in [-0.39, 0.29) is 5.78 Å². The first-order valence-corrected chi connectivity index (χ1v) is 6.58. The van der Waals surface area contributed by atoms with E-state index >= 15 is 0 Å². The number of ketones is 1. The average molecular weight is 281 g/mol. The van der Waals surface area contributed by atoms with Crippen LogP contribution in [0.4, 0.5) is 0 Å². The molecule has 0 radical (unpaired) electrons. The highest BCUT2D eigenvalue weighted by atomic mass is 16.5. The van der Waals surface area contributed by atoms with Gasteiger partial charge >= 0.3 is 0 Å². The summed E-state index contributed by atoms with van der Waals surface area (Å²) in [6.45, 7) is 1.55. The van der Waals surface area contributed by atoms with Crippen LogP contribution in [0.3, 0.4) is 0 Å². The number of nitrogens with zero attached hydrogens (tertiary/aromatic N) is 3. The minimum atomic E-state index is -0.0159. The van der Waals surface area contributed by atoms with E-state index in [1.807, 2.05) is 24.3 Å². The van der Waals surface area contributed by atoms with Crippen molar-refractivity contribution in [3.05, 3.63) is 42.4 Å². The number of fused-ring (bicyclic) bond motifs is 1. The van der Waals surface area contributed by atoms with Crippen molar-refractivity contribution in [2.45, 2.75) is 6.92 Å². The summed E-state index contributed by atoms with van der Waals surface area (Å²) in [5.41, 5.74) is 3.10. The normalized spacial score (nSPS) is 10.8. The third-order valence-electron chi connectivity index (χ3n) is 3.51. The van der Waals surface area contributed by atoms with Gasteiger partial charge in [0.1, 0.15) is 17.0 Å². The molecular formula is C16H15N3O2. The molecule has 0 N–H and O–H groups in total. The maximum absolute atomic E-state index is 11.9. The molecule has 0 fully saturated rings. The SMILES string of the molecule is COc1ccc(-c2cnn(C)c2C(C)=O)c2cccnc12. The van der Waals surface area contributed by atoms with Crippen molar-refractivity contribution in [1.29, 1.82) is 0 Å². The smallest absolute Gasteiger partial charge is 0.178 e. The van der Waals surface area contributed by atoms with E-state index in [0.29, 0.717) is 11.4 Å². The van der Waals surface area contributed by atoms with Crippen LogP contribution in [0, 0.1) is 0 Å². The van der Waals surface area contributed by atoms with E-state index in [9.17, 15) is 4.79 Å². The Morgan fingerprint density at radius 2 is 2.05 bits per heavy atom. The molecule has 0 atom stereocenters. The van der Waals surface area contributed by atoms with Crippen LogP contribution in [-0.2, 0) is 7.05 Å². The fraction of sp³-hybridized carbons (Fsp3) is 0.188. The molecule has 5 heteroatoms. The van der Waals surface area contributed by atoms with Gasteiger partial charge in [0.05, 0.1) is 13.3 Å². The van der Waals surface area contributed by atoms with Crippen molar-refractivity contribution >= 4 is 16.7 Å². The zero-order valence-corrected chi connectivity index (χ0v) is 12.1. The van der Waals surface area contributed by atoms with Gasteiger partial charge in [-0.3, -0.25) is 14.5 Å². The van der Waals surface area contributed by atoms with Gasteiger partial charge in [0.15, 0.2) is 5.78 Å². The highest BCUT2D eigenvalue weighted by molar-refractivity contribution is 6.05. The summed E-state index contributed by atoms with van der Waals surface area (Å²) in [6.07, 6.45) is 3.44. The second-order valence-corrected chi connectivity index (χ2v) is 4.80. The topological polar surface area (TPSA) is 57.0 Å². The number of Topliss-reactive ketones (excluding diaryl/α,β-unsaturated/α-hetero) is 1. The summed E-state index contributed by atoms with van der Waals surface area (Å²) in [5, 5.41) is 5.15. The van der Waals surface area contributed by atoms with E-state index in [2.05, 4.69) is 10.1 Å². The van der Waals surface area contributed by atoms with Gasteiger partial charge in [0, 0.05) is 31.1 Å². The minimum Gasteiger partial charge on any atom is -0.494 e. The Kier molecular flexibility index (Phi) is 3.17. The van der Waals surface area contributed by atoms with Crippen molar-refractivity contribution in [1.82, 2.24) is 14.8 Å². The zero-order chi connectivity index (χ0) is 15.0. The van der Waals surface area contributed by atoms with Gasteiger partial charge in [-0.25, -0.2) is 0 Å². The van der Waals surface area contributed by atoms with Crippen molar-refractivity contribution in [3.63, 3.8) is 0 Å². The predicted octanol–water partition coefficient (Wildman–Crippen LogP) is 2.85. The number of rotatable bonds is 3. The van der Waals surface area contributed by atoms with Crippen LogP contribution in [0.25, 0.3) is 22.0 Å². The summed E-state index contributed by atoms with van der Waals surface area (Å²) >= 11 is 0. The Morgan fingerprint density at radius 3 is 2.76 bits per heavy atom. The molecular weight excluding hydrogens is 266 g/mol. The second kappa shape index (κ2) is 5.01. The largest absolute Gasteiger partial charge is 0.494 e. The Bertz CT molecular complexity index is 837. The van der Waals surface area contributed by atoms with Crippen LogP contribution in [0.15, 0.2) is 36.7 Å². The number of carbonyl (C=O) groups is 1. The molecule has 0 saturated carbocycles. The predicted molar refractivity (Wildman–Crippen MR) is 80.5 cm³/mol. The molecule has 3 rings (SSSR count). The van der Waals surface area contributed by atoms with E-state index in [4.69, 9.17) is 4.74 Å². The van der Waals surface area contributed by atoms with E-state index < -0.39 is 0 Å². The number of methoxy groups -OCH3 is 1. The van der Waals surface area contributed by atoms with E-state index in [0.717, 1.165) is 22.0 Å². The maximum atomic E-state index is 11.9. The van der Waals surface area contributed by atoms with Crippen LogP contribution in [0.2, 0.25) is 0 Å². The lowest BCUT2D eigenvalue weighted by molar-refractivity contribution is 0.100. The fourth-order valence-corrected chi connectivity index (χ4v) is 2.60. The Labute approximate surface area is 122 Å². The molecule has 0 aliphatic carbocycles.